The summed E-state index contributed by atoms with van der Waals surface area (Å²) in [5.41, 5.74) is 1.77. The molecular formula is C16H18N2O3. The molecule has 0 radical (unpaired) electrons. The van der Waals surface area contributed by atoms with Crippen LogP contribution < -0.4 is 9.47 Å². The molecule has 1 atom stereocenters. The summed E-state index contributed by atoms with van der Waals surface area (Å²) < 4.78 is 10.6. The highest BCUT2D eigenvalue weighted by molar-refractivity contribution is 6.04. The van der Waals surface area contributed by atoms with Crippen molar-refractivity contribution in [3.8, 4) is 11.5 Å². The van der Waals surface area contributed by atoms with Gasteiger partial charge in [-0.2, -0.15) is 0 Å². The second kappa shape index (κ2) is 4.62. The largest absolute Gasteiger partial charge is 0.493 e. The number of methoxy groups -OCH3 is 2. The Labute approximate surface area is 123 Å². The maximum atomic E-state index is 12.8. The summed E-state index contributed by atoms with van der Waals surface area (Å²) in [5.74, 6) is 1.05. The first-order valence-electron chi connectivity index (χ1n) is 6.78. The minimum absolute atomic E-state index is 0.0513. The summed E-state index contributed by atoms with van der Waals surface area (Å²) in [7, 11) is 3.12. The fraction of sp³-hybridized carbons (Fsp3) is 0.375. The maximum Gasteiger partial charge on any atom is 0.257 e. The van der Waals surface area contributed by atoms with E-state index >= 15 is 0 Å². The highest BCUT2D eigenvalue weighted by atomic mass is 16.5. The normalized spacial score (nSPS) is 23.7. The molecule has 1 fully saturated rings. The Morgan fingerprint density at radius 2 is 1.95 bits per heavy atom. The molecular weight excluding hydrogens is 268 g/mol. The van der Waals surface area contributed by atoms with Crippen LogP contribution in [0, 0.1) is 0 Å². The van der Waals surface area contributed by atoms with Gasteiger partial charge in [0.2, 0.25) is 0 Å². The molecule has 0 saturated carbocycles. The van der Waals surface area contributed by atoms with Crippen LogP contribution in [0.3, 0.4) is 0 Å². The van der Waals surface area contributed by atoms with Gasteiger partial charge in [0.05, 0.1) is 31.0 Å². The quantitative estimate of drug-likeness (QED) is 0.785. The van der Waals surface area contributed by atoms with E-state index in [1.807, 2.05) is 18.0 Å². The van der Waals surface area contributed by atoms with Crippen molar-refractivity contribution >= 4 is 17.8 Å². The number of ether oxygens (including phenoxy) is 2. The van der Waals surface area contributed by atoms with Crippen LogP contribution in [0.1, 0.15) is 23.7 Å². The first kappa shape index (κ1) is 13.7. The molecule has 0 N–H and O–H groups in total. The predicted octanol–water partition coefficient (Wildman–Crippen LogP) is 2.58. The highest BCUT2D eigenvalue weighted by Crippen LogP contribution is 2.40. The van der Waals surface area contributed by atoms with E-state index in [0.29, 0.717) is 29.3 Å². The lowest BCUT2D eigenvalue weighted by Crippen LogP contribution is -2.45. The molecule has 110 valence electrons. The van der Waals surface area contributed by atoms with Crippen LogP contribution in [-0.4, -0.2) is 43.3 Å². The van der Waals surface area contributed by atoms with E-state index in [0.717, 1.165) is 12.0 Å². The lowest BCUT2D eigenvalue weighted by atomic mass is 9.99. The Morgan fingerprint density at radius 3 is 2.62 bits per heavy atom. The summed E-state index contributed by atoms with van der Waals surface area (Å²) in [6.45, 7) is 6.58. The summed E-state index contributed by atoms with van der Waals surface area (Å²) in [6, 6.07) is 3.43. The van der Waals surface area contributed by atoms with Crippen LogP contribution in [0.25, 0.3) is 0 Å². The van der Waals surface area contributed by atoms with Crippen LogP contribution in [0.5, 0.6) is 11.5 Å². The molecule has 1 aromatic carbocycles. The smallest absolute Gasteiger partial charge is 0.257 e. The van der Waals surface area contributed by atoms with E-state index < -0.39 is 5.54 Å². The Morgan fingerprint density at radius 1 is 1.29 bits per heavy atom. The van der Waals surface area contributed by atoms with Crippen molar-refractivity contribution in [1.29, 1.82) is 0 Å². The van der Waals surface area contributed by atoms with Crippen molar-refractivity contribution in [1.82, 2.24) is 4.90 Å². The minimum atomic E-state index is -0.409. The number of hydrogen-bond donors (Lipinski definition) is 0. The number of fused-ring (bicyclic) bond motifs is 2. The number of carbonyl (C=O) groups excluding carboxylic acids is 1. The second-order valence-corrected chi connectivity index (χ2v) is 5.66. The molecule has 1 amide bonds. The van der Waals surface area contributed by atoms with Crippen LogP contribution in [0.2, 0.25) is 0 Å². The monoisotopic (exact) mass is 286 g/mol. The van der Waals surface area contributed by atoms with Crippen molar-refractivity contribution in [2.45, 2.75) is 18.9 Å². The number of benzene rings is 1. The van der Waals surface area contributed by atoms with Gasteiger partial charge in [-0.15, -0.1) is 0 Å². The van der Waals surface area contributed by atoms with Crippen LogP contribution >= 0.6 is 0 Å². The number of amides is 1. The van der Waals surface area contributed by atoms with Crippen molar-refractivity contribution in [3.05, 3.63) is 29.8 Å². The lowest BCUT2D eigenvalue weighted by Gasteiger charge is -2.29. The van der Waals surface area contributed by atoms with Gasteiger partial charge in [-0.1, -0.05) is 12.2 Å². The zero-order valence-corrected chi connectivity index (χ0v) is 12.5. The van der Waals surface area contributed by atoms with Crippen molar-refractivity contribution < 1.29 is 14.3 Å². The van der Waals surface area contributed by atoms with Gasteiger partial charge >= 0.3 is 0 Å². The van der Waals surface area contributed by atoms with Crippen molar-refractivity contribution in [3.63, 3.8) is 0 Å². The molecule has 2 aliphatic rings. The molecule has 5 nitrogen and oxygen atoms in total. The predicted molar refractivity (Wildman–Crippen MR) is 80.9 cm³/mol. The molecule has 1 saturated heterocycles. The highest BCUT2D eigenvalue weighted by Gasteiger charge is 2.42. The summed E-state index contributed by atoms with van der Waals surface area (Å²) in [5, 5.41) is 0. The Bertz CT molecular complexity index is 666. The minimum Gasteiger partial charge on any atom is -0.493 e. The molecule has 21 heavy (non-hydrogen) atoms. The third kappa shape index (κ3) is 2.00. The van der Waals surface area contributed by atoms with Gasteiger partial charge in [0.1, 0.15) is 0 Å². The number of aliphatic imine (C=N–C) groups is 1. The van der Waals surface area contributed by atoms with E-state index in [4.69, 9.17) is 9.47 Å². The van der Waals surface area contributed by atoms with Crippen LogP contribution in [0.15, 0.2) is 29.3 Å². The third-order valence-electron chi connectivity index (χ3n) is 4.07. The zero-order valence-electron chi connectivity index (χ0n) is 12.5. The van der Waals surface area contributed by atoms with E-state index in [2.05, 4.69) is 11.6 Å². The van der Waals surface area contributed by atoms with Crippen LogP contribution in [-0.2, 0) is 0 Å². The molecule has 1 aromatic rings. The lowest BCUT2D eigenvalue weighted by molar-refractivity contribution is 0.0714. The summed E-state index contributed by atoms with van der Waals surface area (Å²) in [6.07, 6.45) is 2.57. The molecule has 0 bridgehead atoms. The van der Waals surface area contributed by atoms with Crippen molar-refractivity contribution in [2.24, 2.45) is 4.99 Å². The average molecular weight is 286 g/mol. The van der Waals surface area contributed by atoms with E-state index in [9.17, 15) is 4.79 Å². The third-order valence-corrected chi connectivity index (χ3v) is 4.07. The van der Waals surface area contributed by atoms with Crippen molar-refractivity contribution in [2.75, 3.05) is 20.8 Å². The molecule has 2 heterocycles. The van der Waals surface area contributed by atoms with Gasteiger partial charge in [-0.3, -0.25) is 9.79 Å². The van der Waals surface area contributed by atoms with E-state index in [1.54, 1.807) is 26.4 Å². The van der Waals surface area contributed by atoms with E-state index in [-0.39, 0.29) is 5.91 Å². The molecule has 0 unspecified atom stereocenters. The Balaban J connectivity index is 2.15. The van der Waals surface area contributed by atoms with Gasteiger partial charge in [0.25, 0.3) is 5.91 Å². The first-order chi connectivity index (χ1) is 9.98. The molecule has 0 aliphatic carbocycles. The zero-order chi connectivity index (χ0) is 15.2. The SMILES string of the molecule is C=C1CN2C(=O)c3cc(OC)c(OC)cc3N=C[C@]2(C)C1. The molecule has 0 spiro atoms. The maximum absolute atomic E-state index is 12.8. The Kier molecular flexibility index (Phi) is 3.01. The van der Waals surface area contributed by atoms with Gasteiger partial charge in [0, 0.05) is 18.8 Å². The molecule has 3 rings (SSSR count). The second-order valence-electron chi connectivity index (χ2n) is 5.66. The van der Waals surface area contributed by atoms with Gasteiger partial charge < -0.3 is 14.4 Å². The fourth-order valence-electron chi connectivity index (χ4n) is 2.98. The average Bonchev–Trinajstić information content (AvgIpc) is 2.74. The molecule has 2 aliphatic heterocycles. The number of nitrogens with zero attached hydrogens (tertiary/aromatic N) is 2. The van der Waals surface area contributed by atoms with Gasteiger partial charge in [0.15, 0.2) is 11.5 Å². The van der Waals surface area contributed by atoms with E-state index in [1.165, 1.54) is 0 Å². The summed E-state index contributed by atoms with van der Waals surface area (Å²) in [4.78, 5) is 19.2. The first-order valence-corrected chi connectivity index (χ1v) is 6.78. The fourth-order valence-corrected chi connectivity index (χ4v) is 2.98. The standard InChI is InChI=1S/C16H18N2O3/c1-10-7-16(2)9-17-12-6-14(21-4)13(20-3)5-11(12)15(19)18(16)8-10/h5-6,9H,1,7-8H2,2-4H3/t16-/m0/s1. The molecule has 0 aromatic heterocycles. The summed E-state index contributed by atoms with van der Waals surface area (Å²) >= 11 is 0. The number of carbonyl (C=O) groups is 1. The van der Waals surface area contributed by atoms with Crippen LogP contribution in [0.4, 0.5) is 5.69 Å². The van der Waals surface area contributed by atoms with Gasteiger partial charge in [-0.25, -0.2) is 0 Å². The van der Waals surface area contributed by atoms with Gasteiger partial charge in [-0.05, 0) is 19.4 Å². The number of hydrogen-bond acceptors (Lipinski definition) is 4. The molecule has 5 heteroatoms. The number of rotatable bonds is 2. The Hall–Kier alpha value is -2.30. The topological polar surface area (TPSA) is 51.1 Å².